The summed E-state index contributed by atoms with van der Waals surface area (Å²) in [6.07, 6.45) is 0. The minimum absolute atomic E-state index is 0.0975. The molecule has 0 spiro atoms. The summed E-state index contributed by atoms with van der Waals surface area (Å²) < 4.78 is 0. The van der Waals surface area contributed by atoms with Crippen molar-refractivity contribution in [3.8, 4) is 6.07 Å². The van der Waals surface area contributed by atoms with Gasteiger partial charge in [0.05, 0.1) is 27.4 Å². The second-order valence-electron chi connectivity index (χ2n) is 5.28. The summed E-state index contributed by atoms with van der Waals surface area (Å²) in [5.41, 5.74) is 2.16. The largest absolute Gasteiger partial charge is 0.325 e. The molecule has 1 atom stereocenters. The molecule has 4 nitrogen and oxygen atoms in total. The third-order valence-corrected chi connectivity index (χ3v) is 4.56. The Kier molecular flexibility index (Phi) is 4.78. The Bertz CT molecular complexity index is 916. The van der Waals surface area contributed by atoms with E-state index in [0.717, 1.165) is 15.9 Å². The van der Waals surface area contributed by atoms with Crippen LogP contribution in [0.25, 0.3) is 10.9 Å². The molecule has 1 unspecified atom stereocenters. The number of rotatable bonds is 4. The van der Waals surface area contributed by atoms with Crippen LogP contribution in [-0.2, 0) is 4.79 Å². The fraction of sp³-hybridized carbons (Fsp3) is 0.105. The summed E-state index contributed by atoms with van der Waals surface area (Å²) in [6.45, 7) is 1.85. The van der Waals surface area contributed by atoms with Gasteiger partial charge in [0.1, 0.15) is 0 Å². The molecule has 24 heavy (non-hydrogen) atoms. The van der Waals surface area contributed by atoms with Crippen molar-refractivity contribution >= 4 is 34.3 Å². The topological polar surface area (TPSA) is 65.8 Å². The van der Waals surface area contributed by atoms with Crippen molar-refractivity contribution in [3.05, 3.63) is 66.2 Å². The minimum Gasteiger partial charge on any atom is -0.325 e. The molecule has 2 aromatic carbocycles. The fourth-order valence-electron chi connectivity index (χ4n) is 2.22. The number of nitrogens with zero attached hydrogens (tertiary/aromatic N) is 2. The standard InChI is InChI=1S/C19H15N3OS/c1-13(19(23)21-16-9-6-14(12-20)7-10-16)24-18-11-8-15-4-2-3-5-17(15)22-18/h2-11,13H,1H3,(H,21,23). The van der Waals surface area contributed by atoms with Crippen molar-refractivity contribution in [1.82, 2.24) is 4.98 Å². The van der Waals surface area contributed by atoms with E-state index in [0.29, 0.717) is 11.3 Å². The molecule has 118 valence electrons. The van der Waals surface area contributed by atoms with Crippen LogP contribution in [0.2, 0.25) is 0 Å². The van der Waals surface area contributed by atoms with Gasteiger partial charge < -0.3 is 5.32 Å². The van der Waals surface area contributed by atoms with Crippen LogP contribution >= 0.6 is 11.8 Å². The van der Waals surface area contributed by atoms with E-state index in [1.54, 1.807) is 24.3 Å². The first kappa shape index (κ1) is 16.0. The van der Waals surface area contributed by atoms with Gasteiger partial charge in [0.25, 0.3) is 0 Å². The van der Waals surface area contributed by atoms with Crippen LogP contribution in [0.4, 0.5) is 5.69 Å². The zero-order valence-electron chi connectivity index (χ0n) is 13.1. The molecule has 1 amide bonds. The number of hydrogen-bond donors (Lipinski definition) is 1. The van der Waals surface area contributed by atoms with Crippen LogP contribution in [0.15, 0.2) is 65.7 Å². The number of fused-ring (bicyclic) bond motifs is 1. The van der Waals surface area contributed by atoms with E-state index in [1.807, 2.05) is 43.3 Å². The number of carbonyl (C=O) groups is 1. The number of benzene rings is 2. The number of pyridine rings is 1. The predicted molar refractivity (Wildman–Crippen MR) is 96.8 cm³/mol. The van der Waals surface area contributed by atoms with E-state index < -0.39 is 0 Å². The number of amides is 1. The van der Waals surface area contributed by atoms with E-state index in [-0.39, 0.29) is 11.2 Å². The van der Waals surface area contributed by atoms with E-state index in [4.69, 9.17) is 5.26 Å². The van der Waals surface area contributed by atoms with Gasteiger partial charge in [0, 0.05) is 11.1 Å². The normalized spacial score (nSPS) is 11.7. The van der Waals surface area contributed by atoms with Gasteiger partial charge in [-0.25, -0.2) is 4.98 Å². The van der Waals surface area contributed by atoms with Gasteiger partial charge in [-0.15, -0.1) is 0 Å². The summed E-state index contributed by atoms with van der Waals surface area (Å²) in [5.74, 6) is -0.0975. The Morgan fingerprint density at radius 2 is 1.88 bits per heavy atom. The molecule has 0 aliphatic heterocycles. The molecule has 3 aromatic rings. The quantitative estimate of drug-likeness (QED) is 0.726. The first-order chi connectivity index (χ1) is 11.7. The van der Waals surface area contributed by atoms with Crippen molar-refractivity contribution in [2.24, 2.45) is 0 Å². The first-order valence-electron chi connectivity index (χ1n) is 7.49. The molecule has 0 bridgehead atoms. The van der Waals surface area contributed by atoms with Gasteiger partial charge in [-0.3, -0.25) is 4.79 Å². The number of anilines is 1. The Hall–Kier alpha value is -2.84. The number of carbonyl (C=O) groups excluding carboxylic acids is 1. The van der Waals surface area contributed by atoms with Crippen molar-refractivity contribution in [1.29, 1.82) is 5.26 Å². The highest BCUT2D eigenvalue weighted by Gasteiger charge is 2.15. The minimum atomic E-state index is -0.283. The monoisotopic (exact) mass is 333 g/mol. The second kappa shape index (κ2) is 7.16. The molecule has 0 radical (unpaired) electrons. The number of para-hydroxylation sites is 1. The summed E-state index contributed by atoms with van der Waals surface area (Å²) >= 11 is 1.42. The number of thioether (sulfide) groups is 1. The van der Waals surface area contributed by atoms with Crippen molar-refractivity contribution in [2.75, 3.05) is 5.32 Å². The molecular weight excluding hydrogens is 318 g/mol. The van der Waals surface area contributed by atoms with E-state index in [2.05, 4.69) is 16.4 Å². The summed E-state index contributed by atoms with van der Waals surface area (Å²) in [6, 6.07) is 20.7. The number of hydrogen-bond acceptors (Lipinski definition) is 4. The molecule has 1 heterocycles. The summed E-state index contributed by atoms with van der Waals surface area (Å²) in [7, 11) is 0. The van der Waals surface area contributed by atoms with Crippen LogP contribution in [0, 0.1) is 11.3 Å². The lowest BCUT2D eigenvalue weighted by Gasteiger charge is -2.12. The molecule has 0 saturated carbocycles. The molecule has 3 rings (SSSR count). The first-order valence-corrected chi connectivity index (χ1v) is 8.37. The van der Waals surface area contributed by atoms with E-state index in [9.17, 15) is 4.79 Å². The van der Waals surface area contributed by atoms with Gasteiger partial charge in [-0.1, -0.05) is 36.0 Å². The number of nitriles is 1. The Balaban J connectivity index is 1.67. The Labute approximate surface area is 144 Å². The Morgan fingerprint density at radius 1 is 1.12 bits per heavy atom. The maximum Gasteiger partial charge on any atom is 0.237 e. The molecule has 0 fully saturated rings. The van der Waals surface area contributed by atoms with Crippen molar-refractivity contribution in [2.45, 2.75) is 17.2 Å². The smallest absolute Gasteiger partial charge is 0.237 e. The van der Waals surface area contributed by atoms with Crippen LogP contribution in [-0.4, -0.2) is 16.1 Å². The Morgan fingerprint density at radius 3 is 2.62 bits per heavy atom. The second-order valence-corrected chi connectivity index (χ2v) is 6.64. The third-order valence-electron chi connectivity index (χ3n) is 3.52. The highest BCUT2D eigenvalue weighted by molar-refractivity contribution is 8.00. The zero-order chi connectivity index (χ0) is 16.9. The predicted octanol–water partition coefficient (Wildman–Crippen LogP) is 4.23. The van der Waals surface area contributed by atoms with Crippen LogP contribution in [0.1, 0.15) is 12.5 Å². The maximum absolute atomic E-state index is 12.3. The molecule has 1 N–H and O–H groups in total. The molecule has 0 aliphatic rings. The van der Waals surface area contributed by atoms with Crippen LogP contribution in [0.3, 0.4) is 0 Å². The van der Waals surface area contributed by atoms with Crippen LogP contribution < -0.4 is 5.32 Å². The van der Waals surface area contributed by atoms with Gasteiger partial charge in [0.15, 0.2) is 0 Å². The van der Waals surface area contributed by atoms with E-state index >= 15 is 0 Å². The lowest BCUT2D eigenvalue weighted by molar-refractivity contribution is -0.115. The fourth-order valence-corrected chi connectivity index (χ4v) is 3.05. The van der Waals surface area contributed by atoms with Crippen LogP contribution in [0.5, 0.6) is 0 Å². The molecular formula is C19H15N3OS. The highest BCUT2D eigenvalue weighted by Crippen LogP contribution is 2.24. The average molecular weight is 333 g/mol. The maximum atomic E-state index is 12.3. The average Bonchev–Trinajstić information content (AvgIpc) is 2.62. The number of aromatic nitrogens is 1. The van der Waals surface area contributed by atoms with Gasteiger partial charge in [0.2, 0.25) is 5.91 Å². The van der Waals surface area contributed by atoms with Gasteiger partial charge in [-0.05, 0) is 43.3 Å². The zero-order valence-corrected chi connectivity index (χ0v) is 13.9. The molecule has 0 aliphatic carbocycles. The summed E-state index contributed by atoms with van der Waals surface area (Å²) in [5, 5.41) is 13.3. The third kappa shape index (κ3) is 3.73. The SMILES string of the molecule is CC(Sc1ccc2ccccc2n1)C(=O)Nc1ccc(C#N)cc1. The van der Waals surface area contributed by atoms with Gasteiger partial charge >= 0.3 is 0 Å². The molecule has 1 aromatic heterocycles. The van der Waals surface area contributed by atoms with Crippen molar-refractivity contribution in [3.63, 3.8) is 0 Å². The molecule has 0 saturated heterocycles. The lowest BCUT2D eigenvalue weighted by Crippen LogP contribution is -2.22. The summed E-state index contributed by atoms with van der Waals surface area (Å²) in [4.78, 5) is 16.9. The number of nitrogens with one attached hydrogen (secondary N) is 1. The lowest BCUT2D eigenvalue weighted by atomic mass is 10.2. The van der Waals surface area contributed by atoms with Crippen molar-refractivity contribution < 1.29 is 4.79 Å². The van der Waals surface area contributed by atoms with Gasteiger partial charge in [-0.2, -0.15) is 5.26 Å². The van der Waals surface area contributed by atoms with E-state index in [1.165, 1.54) is 11.8 Å². The molecule has 5 heteroatoms. The highest BCUT2D eigenvalue weighted by atomic mass is 32.2.